The van der Waals surface area contributed by atoms with Crippen molar-refractivity contribution >= 4 is 17.6 Å². The number of hydrogen-bond donors (Lipinski definition) is 1. The van der Waals surface area contributed by atoms with Gasteiger partial charge in [0.15, 0.2) is 6.61 Å². The van der Waals surface area contributed by atoms with Gasteiger partial charge in [-0.1, -0.05) is 0 Å². The van der Waals surface area contributed by atoms with Gasteiger partial charge in [-0.2, -0.15) is 0 Å². The SMILES string of the molecule is CC(=O)N1CCCc2cc(OCC(=O)O)ccc21. The number of carbonyl (C=O) groups excluding carboxylic acids is 1. The first kappa shape index (κ1) is 12.4. The fourth-order valence-corrected chi connectivity index (χ4v) is 2.14. The molecule has 0 radical (unpaired) electrons. The van der Waals surface area contributed by atoms with Crippen LogP contribution in [0.25, 0.3) is 0 Å². The van der Waals surface area contributed by atoms with Crippen LogP contribution >= 0.6 is 0 Å². The van der Waals surface area contributed by atoms with Gasteiger partial charge in [0.1, 0.15) is 5.75 Å². The largest absolute Gasteiger partial charge is 0.482 e. The van der Waals surface area contributed by atoms with E-state index in [-0.39, 0.29) is 12.5 Å². The number of anilines is 1. The summed E-state index contributed by atoms with van der Waals surface area (Å²) in [6.07, 6.45) is 1.79. The summed E-state index contributed by atoms with van der Waals surface area (Å²) in [5, 5.41) is 8.55. The van der Waals surface area contributed by atoms with E-state index in [0.29, 0.717) is 5.75 Å². The molecular weight excluding hydrogens is 234 g/mol. The third kappa shape index (κ3) is 2.61. The van der Waals surface area contributed by atoms with Crippen LogP contribution in [0.3, 0.4) is 0 Å². The van der Waals surface area contributed by atoms with E-state index in [2.05, 4.69) is 0 Å². The maximum atomic E-state index is 11.5. The highest BCUT2D eigenvalue weighted by Crippen LogP contribution is 2.30. The van der Waals surface area contributed by atoms with Crippen LogP contribution < -0.4 is 9.64 Å². The summed E-state index contributed by atoms with van der Waals surface area (Å²) < 4.78 is 5.13. The molecule has 1 aromatic rings. The topological polar surface area (TPSA) is 66.8 Å². The van der Waals surface area contributed by atoms with Gasteiger partial charge in [0.2, 0.25) is 5.91 Å². The first-order valence-corrected chi connectivity index (χ1v) is 5.83. The normalized spacial score (nSPS) is 13.9. The van der Waals surface area contributed by atoms with Crippen LogP contribution in [0, 0.1) is 0 Å². The van der Waals surface area contributed by atoms with Crippen molar-refractivity contribution < 1.29 is 19.4 Å². The minimum Gasteiger partial charge on any atom is -0.482 e. The first-order valence-electron chi connectivity index (χ1n) is 5.83. The summed E-state index contributed by atoms with van der Waals surface area (Å²) in [7, 11) is 0. The fourth-order valence-electron chi connectivity index (χ4n) is 2.14. The molecule has 0 unspecified atom stereocenters. The Labute approximate surface area is 105 Å². The van der Waals surface area contributed by atoms with Gasteiger partial charge in [-0.3, -0.25) is 4.79 Å². The molecule has 1 heterocycles. The molecule has 0 bridgehead atoms. The average Bonchev–Trinajstić information content (AvgIpc) is 2.35. The van der Waals surface area contributed by atoms with Gasteiger partial charge < -0.3 is 14.7 Å². The van der Waals surface area contributed by atoms with E-state index >= 15 is 0 Å². The van der Waals surface area contributed by atoms with E-state index in [9.17, 15) is 9.59 Å². The van der Waals surface area contributed by atoms with Gasteiger partial charge in [0.05, 0.1) is 0 Å². The van der Waals surface area contributed by atoms with E-state index in [1.807, 2.05) is 12.1 Å². The number of hydrogen-bond acceptors (Lipinski definition) is 3. The number of benzene rings is 1. The molecule has 0 saturated heterocycles. The number of carbonyl (C=O) groups is 2. The van der Waals surface area contributed by atoms with Crippen molar-refractivity contribution in [2.75, 3.05) is 18.1 Å². The molecule has 96 valence electrons. The van der Waals surface area contributed by atoms with Gasteiger partial charge in [-0.15, -0.1) is 0 Å². The number of rotatable bonds is 3. The minimum atomic E-state index is -1.00. The summed E-state index contributed by atoms with van der Waals surface area (Å²) in [5.41, 5.74) is 1.93. The van der Waals surface area contributed by atoms with Crippen LogP contribution in [0.15, 0.2) is 18.2 Å². The highest BCUT2D eigenvalue weighted by atomic mass is 16.5. The second-order valence-electron chi connectivity index (χ2n) is 4.25. The van der Waals surface area contributed by atoms with Gasteiger partial charge in [-0.05, 0) is 36.6 Å². The van der Waals surface area contributed by atoms with Crippen molar-refractivity contribution in [2.24, 2.45) is 0 Å². The molecule has 0 aromatic heterocycles. The van der Waals surface area contributed by atoms with Crippen LogP contribution in [0.4, 0.5) is 5.69 Å². The number of ether oxygens (including phenoxy) is 1. The first-order chi connectivity index (χ1) is 8.58. The molecule has 0 spiro atoms. The molecule has 2 rings (SSSR count). The van der Waals surface area contributed by atoms with Crippen LogP contribution in [0.2, 0.25) is 0 Å². The molecule has 1 aromatic carbocycles. The standard InChI is InChI=1S/C13H15NO4/c1-9(15)14-6-2-3-10-7-11(4-5-12(10)14)18-8-13(16)17/h4-5,7H,2-3,6,8H2,1H3,(H,16,17). The summed E-state index contributed by atoms with van der Waals surface area (Å²) in [5.74, 6) is -0.449. The van der Waals surface area contributed by atoms with Crippen molar-refractivity contribution in [1.29, 1.82) is 0 Å². The van der Waals surface area contributed by atoms with Crippen LogP contribution in [0.1, 0.15) is 18.9 Å². The number of aryl methyl sites for hydroxylation is 1. The van der Waals surface area contributed by atoms with E-state index in [1.54, 1.807) is 17.9 Å². The number of nitrogens with zero attached hydrogens (tertiary/aromatic N) is 1. The van der Waals surface area contributed by atoms with Gasteiger partial charge in [-0.25, -0.2) is 4.79 Å². The zero-order valence-electron chi connectivity index (χ0n) is 10.2. The van der Waals surface area contributed by atoms with Crippen molar-refractivity contribution in [3.05, 3.63) is 23.8 Å². The Morgan fingerprint density at radius 3 is 2.89 bits per heavy atom. The average molecular weight is 249 g/mol. The van der Waals surface area contributed by atoms with Gasteiger partial charge >= 0.3 is 5.97 Å². The quantitative estimate of drug-likeness (QED) is 0.880. The van der Waals surface area contributed by atoms with Crippen molar-refractivity contribution in [3.8, 4) is 5.75 Å². The highest BCUT2D eigenvalue weighted by Gasteiger charge is 2.20. The molecule has 1 aliphatic heterocycles. The maximum absolute atomic E-state index is 11.5. The summed E-state index contributed by atoms with van der Waals surface area (Å²) >= 11 is 0. The smallest absolute Gasteiger partial charge is 0.341 e. The third-order valence-electron chi connectivity index (χ3n) is 2.91. The van der Waals surface area contributed by atoms with Gasteiger partial charge in [0.25, 0.3) is 0 Å². The van der Waals surface area contributed by atoms with E-state index < -0.39 is 5.97 Å². The lowest BCUT2D eigenvalue weighted by Gasteiger charge is -2.28. The third-order valence-corrected chi connectivity index (χ3v) is 2.91. The molecule has 1 aliphatic rings. The molecule has 1 N–H and O–H groups in total. The Hall–Kier alpha value is -2.04. The molecule has 0 atom stereocenters. The number of amides is 1. The zero-order valence-corrected chi connectivity index (χ0v) is 10.2. The summed E-state index contributed by atoms with van der Waals surface area (Å²) in [6, 6.07) is 5.32. The Balaban J connectivity index is 2.21. The fraction of sp³-hybridized carbons (Fsp3) is 0.385. The number of fused-ring (bicyclic) bond motifs is 1. The number of carboxylic acids is 1. The second kappa shape index (κ2) is 5.08. The predicted molar refractivity (Wildman–Crippen MR) is 65.9 cm³/mol. The van der Waals surface area contributed by atoms with Crippen molar-refractivity contribution in [2.45, 2.75) is 19.8 Å². The molecule has 18 heavy (non-hydrogen) atoms. The maximum Gasteiger partial charge on any atom is 0.341 e. The minimum absolute atomic E-state index is 0.0233. The molecule has 5 heteroatoms. The van der Waals surface area contributed by atoms with E-state index in [4.69, 9.17) is 9.84 Å². The summed E-state index contributed by atoms with van der Waals surface area (Å²) in [6.45, 7) is 1.93. The molecule has 1 amide bonds. The zero-order chi connectivity index (χ0) is 13.1. The molecule has 5 nitrogen and oxygen atoms in total. The highest BCUT2D eigenvalue weighted by molar-refractivity contribution is 5.92. The molecular formula is C13H15NO4. The van der Waals surface area contributed by atoms with E-state index in [0.717, 1.165) is 30.6 Å². The Kier molecular flexibility index (Phi) is 3.50. The molecule has 0 aliphatic carbocycles. The van der Waals surface area contributed by atoms with Crippen LogP contribution in [0.5, 0.6) is 5.75 Å². The second-order valence-corrected chi connectivity index (χ2v) is 4.25. The Morgan fingerprint density at radius 2 is 2.22 bits per heavy atom. The van der Waals surface area contributed by atoms with Crippen LogP contribution in [-0.2, 0) is 16.0 Å². The summed E-state index contributed by atoms with van der Waals surface area (Å²) in [4.78, 5) is 23.6. The van der Waals surface area contributed by atoms with Gasteiger partial charge in [0, 0.05) is 19.2 Å². The van der Waals surface area contributed by atoms with E-state index in [1.165, 1.54) is 0 Å². The number of aliphatic carboxylic acids is 1. The lowest BCUT2D eigenvalue weighted by molar-refractivity contribution is -0.139. The number of carboxylic acid groups (broad SMARTS) is 1. The van der Waals surface area contributed by atoms with Crippen LogP contribution in [-0.4, -0.2) is 30.1 Å². The van der Waals surface area contributed by atoms with Crippen molar-refractivity contribution in [1.82, 2.24) is 0 Å². The predicted octanol–water partition coefficient (Wildman–Crippen LogP) is 1.45. The molecule has 0 fully saturated rings. The molecule has 0 saturated carbocycles. The Morgan fingerprint density at radius 1 is 1.44 bits per heavy atom. The Bertz CT molecular complexity index is 484. The monoisotopic (exact) mass is 249 g/mol. The lowest BCUT2D eigenvalue weighted by atomic mass is 10.0. The van der Waals surface area contributed by atoms with Crippen molar-refractivity contribution in [3.63, 3.8) is 0 Å². The lowest BCUT2D eigenvalue weighted by Crippen LogP contribution is -2.33.